The maximum atomic E-state index is 10.6. The highest BCUT2D eigenvalue weighted by atomic mass is 16.4. The first kappa shape index (κ1) is 7.53. The smallest absolute Gasteiger partial charge is 0.417 e. The lowest BCUT2D eigenvalue weighted by Gasteiger charge is -1.96. The highest BCUT2D eigenvalue weighted by Gasteiger charge is 2.09. The highest BCUT2D eigenvalue weighted by Crippen LogP contribution is 2.16. The van der Waals surface area contributed by atoms with E-state index in [1.54, 1.807) is 6.07 Å². The number of aromatic nitrogens is 3. The van der Waals surface area contributed by atoms with Crippen LogP contribution in [0.1, 0.15) is 0 Å². The summed E-state index contributed by atoms with van der Waals surface area (Å²) >= 11 is 0. The van der Waals surface area contributed by atoms with E-state index in [9.17, 15) is 4.79 Å². The quantitative estimate of drug-likeness (QED) is 0.613. The summed E-state index contributed by atoms with van der Waals surface area (Å²) in [4.78, 5) is 18.2. The summed E-state index contributed by atoms with van der Waals surface area (Å²) in [7, 11) is 0. The molecular weight excluding hydrogens is 172 g/mol. The molecule has 0 saturated heterocycles. The van der Waals surface area contributed by atoms with Crippen LogP contribution in [0, 0.1) is 0 Å². The number of carboxylic acid groups (broad SMARTS) is 1. The number of rotatable bonds is 0. The standard InChI is InChI=1S/C7H6N4O2/c8-5-4-1-2-11(7(12)13)6(4)10-3-9-5/h1-3H,(H,12,13)(H2,8,9,10). The molecule has 0 fully saturated rings. The van der Waals surface area contributed by atoms with E-state index in [0.717, 1.165) is 4.57 Å². The van der Waals surface area contributed by atoms with Crippen molar-refractivity contribution >= 4 is 22.9 Å². The third kappa shape index (κ3) is 0.994. The second-order valence-electron chi connectivity index (χ2n) is 2.46. The maximum absolute atomic E-state index is 10.6. The fraction of sp³-hybridized carbons (Fsp3) is 0. The van der Waals surface area contributed by atoms with Crippen molar-refractivity contribution in [2.45, 2.75) is 0 Å². The van der Waals surface area contributed by atoms with Gasteiger partial charge >= 0.3 is 6.09 Å². The molecule has 0 aliphatic heterocycles. The Balaban J connectivity index is 2.83. The lowest BCUT2D eigenvalue weighted by atomic mass is 10.4. The third-order valence-electron chi connectivity index (χ3n) is 1.72. The monoisotopic (exact) mass is 178 g/mol. The number of carbonyl (C=O) groups is 1. The van der Waals surface area contributed by atoms with Crippen molar-refractivity contribution in [3.05, 3.63) is 18.6 Å². The van der Waals surface area contributed by atoms with Gasteiger partial charge in [-0.15, -0.1) is 0 Å². The molecule has 0 aliphatic carbocycles. The molecule has 2 aromatic rings. The van der Waals surface area contributed by atoms with E-state index >= 15 is 0 Å². The van der Waals surface area contributed by atoms with E-state index < -0.39 is 6.09 Å². The predicted octanol–water partition coefficient (Wildman–Crippen LogP) is 0.540. The van der Waals surface area contributed by atoms with Gasteiger partial charge in [0.1, 0.15) is 12.1 Å². The van der Waals surface area contributed by atoms with Gasteiger partial charge in [-0.3, -0.25) is 0 Å². The minimum Gasteiger partial charge on any atom is -0.464 e. The van der Waals surface area contributed by atoms with Gasteiger partial charge in [0, 0.05) is 6.20 Å². The average molecular weight is 178 g/mol. The predicted molar refractivity (Wildman–Crippen MR) is 45.4 cm³/mol. The van der Waals surface area contributed by atoms with Crippen molar-refractivity contribution in [3.8, 4) is 0 Å². The Morgan fingerprint density at radius 1 is 1.54 bits per heavy atom. The van der Waals surface area contributed by atoms with Gasteiger partial charge in [-0.1, -0.05) is 0 Å². The van der Waals surface area contributed by atoms with Crippen molar-refractivity contribution in [1.29, 1.82) is 0 Å². The van der Waals surface area contributed by atoms with Crippen molar-refractivity contribution in [2.75, 3.05) is 5.73 Å². The molecule has 0 aromatic carbocycles. The molecule has 2 heterocycles. The number of nitrogen functional groups attached to an aromatic ring is 1. The number of hydrogen-bond acceptors (Lipinski definition) is 4. The Hall–Kier alpha value is -2.11. The summed E-state index contributed by atoms with van der Waals surface area (Å²) in [6, 6.07) is 1.57. The lowest BCUT2D eigenvalue weighted by molar-refractivity contribution is 0.197. The largest absolute Gasteiger partial charge is 0.464 e. The van der Waals surface area contributed by atoms with E-state index in [0.29, 0.717) is 11.0 Å². The number of nitrogens with two attached hydrogens (primary N) is 1. The number of nitrogens with zero attached hydrogens (tertiary/aromatic N) is 3. The third-order valence-corrected chi connectivity index (χ3v) is 1.72. The zero-order chi connectivity index (χ0) is 9.42. The Morgan fingerprint density at radius 2 is 2.31 bits per heavy atom. The molecule has 3 N–H and O–H groups in total. The van der Waals surface area contributed by atoms with Gasteiger partial charge in [0.2, 0.25) is 0 Å². The summed E-state index contributed by atoms with van der Waals surface area (Å²) in [6.07, 6.45) is 1.53. The van der Waals surface area contributed by atoms with E-state index in [4.69, 9.17) is 10.8 Å². The first-order chi connectivity index (χ1) is 6.20. The number of hydrogen-bond donors (Lipinski definition) is 2. The van der Waals surface area contributed by atoms with Gasteiger partial charge < -0.3 is 10.8 Å². The normalized spacial score (nSPS) is 10.5. The van der Waals surface area contributed by atoms with Gasteiger partial charge in [0.15, 0.2) is 5.65 Å². The molecule has 0 unspecified atom stereocenters. The molecule has 0 spiro atoms. The van der Waals surface area contributed by atoms with Crippen LogP contribution in [0.15, 0.2) is 18.6 Å². The average Bonchev–Trinajstić information content (AvgIpc) is 2.48. The van der Waals surface area contributed by atoms with Crippen LogP contribution in [0.2, 0.25) is 0 Å². The fourth-order valence-corrected chi connectivity index (χ4v) is 1.13. The van der Waals surface area contributed by atoms with Gasteiger partial charge in [-0.05, 0) is 6.07 Å². The molecule has 0 amide bonds. The zero-order valence-corrected chi connectivity index (χ0v) is 6.51. The molecule has 6 nitrogen and oxygen atoms in total. The second kappa shape index (κ2) is 2.44. The van der Waals surface area contributed by atoms with Gasteiger partial charge in [0.25, 0.3) is 0 Å². The van der Waals surface area contributed by atoms with Crippen molar-refractivity contribution in [2.24, 2.45) is 0 Å². The maximum Gasteiger partial charge on any atom is 0.417 e. The summed E-state index contributed by atoms with van der Waals surface area (Å²) in [5.74, 6) is 0.282. The van der Waals surface area contributed by atoms with Gasteiger partial charge in [-0.2, -0.15) is 0 Å². The van der Waals surface area contributed by atoms with Crippen LogP contribution in [-0.4, -0.2) is 25.7 Å². The second-order valence-corrected chi connectivity index (χ2v) is 2.46. The van der Waals surface area contributed by atoms with Crippen molar-refractivity contribution in [3.63, 3.8) is 0 Å². The van der Waals surface area contributed by atoms with E-state index in [-0.39, 0.29) is 5.82 Å². The molecule has 0 atom stereocenters. The van der Waals surface area contributed by atoms with Crippen molar-refractivity contribution in [1.82, 2.24) is 14.5 Å². The molecule has 13 heavy (non-hydrogen) atoms. The zero-order valence-electron chi connectivity index (χ0n) is 6.51. The number of fused-ring (bicyclic) bond motifs is 1. The molecular formula is C7H6N4O2. The van der Waals surface area contributed by atoms with Gasteiger partial charge in [-0.25, -0.2) is 19.3 Å². The summed E-state index contributed by atoms with van der Waals surface area (Å²) in [6.45, 7) is 0. The molecule has 2 rings (SSSR count). The van der Waals surface area contributed by atoms with Crippen molar-refractivity contribution < 1.29 is 9.90 Å². The Labute approximate surface area is 72.6 Å². The van der Waals surface area contributed by atoms with Crippen LogP contribution in [-0.2, 0) is 0 Å². The molecule has 2 aromatic heterocycles. The van der Waals surface area contributed by atoms with Crippen LogP contribution in [0.3, 0.4) is 0 Å². The summed E-state index contributed by atoms with van der Waals surface area (Å²) in [5.41, 5.74) is 5.82. The van der Waals surface area contributed by atoms with E-state index in [1.807, 2.05) is 0 Å². The highest BCUT2D eigenvalue weighted by molar-refractivity contribution is 5.91. The lowest BCUT2D eigenvalue weighted by Crippen LogP contribution is -2.07. The molecule has 66 valence electrons. The van der Waals surface area contributed by atoms with Gasteiger partial charge in [0.05, 0.1) is 5.39 Å². The van der Waals surface area contributed by atoms with Crippen LogP contribution in [0.4, 0.5) is 10.6 Å². The molecule has 0 radical (unpaired) electrons. The topological polar surface area (TPSA) is 94.0 Å². The van der Waals surface area contributed by atoms with E-state index in [1.165, 1.54) is 12.5 Å². The first-order valence-electron chi connectivity index (χ1n) is 3.51. The molecule has 6 heteroatoms. The first-order valence-corrected chi connectivity index (χ1v) is 3.51. The minimum atomic E-state index is -1.09. The minimum absolute atomic E-state index is 0.282. The molecule has 0 saturated carbocycles. The molecule has 0 aliphatic rings. The fourth-order valence-electron chi connectivity index (χ4n) is 1.13. The SMILES string of the molecule is Nc1ncnc2c1ccn2C(=O)O. The van der Waals surface area contributed by atoms with Crippen LogP contribution < -0.4 is 5.73 Å². The van der Waals surface area contributed by atoms with E-state index in [2.05, 4.69) is 9.97 Å². The van der Waals surface area contributed by atoms with Crippen LogP contribution in [0.25, 0.3) is 11.0 Å². The Bertz CT molecular complexity index is 476. The summed E-state index contributed by atoms with van der Waals surface area (Å²) in [5, 5.41) is 9.27. The summed E-state index contributed by atoms with van der Waals surface area (Å²) < 4.78 is 0.993. The van der Waals surface area contributed by atoms with Crippen LogP contribution in [0.5, 0.6) is 0 Å². The Morgan fingerprint density at radius 3 is 3.00 bits per heavy atom. The number of anilines is 1. The molecule has 0 bridgehead atoms. The Kier molecular flexibility index (Phi) is 1.42. The van der Waals surface area contributed by atoms with Crippen LogP contribution >= 0.6 is 0 Å².